The summed E-state index contributed by atoms with van der Waals surface area (Å²) in [7, 11) is 0. The first-order valence-corrected chi connectivity index (χ1v) is 5.98. The molecule has 17 heavy (non-hydrogen) atoms. The minimum absolute atomic E-state index is 0.313. The number of hydrogen-bond acceptors (Lipinski definition) is 4. The fourth-order valence-electron chi connectivity index (χ4n) is 1.78. The molecule has 0 spiro atoms. The minimum atomic E-state index is -0.313. The molecule has 0 bridgehead atoms. The van der Waals surface area contributed by atoms with Gasteiger partial charge in [-0.15, -0.1) is 0 Å². The maximum atomic E-state index is 5.60. The fraction of sp³-hybridized carbons (Fsp3) is 0.538. The molecule has 0 aromatic heterocycles. The second kappa shape index (κ2) is 5.89. The van der Waals surface area contributed by atoms with Crippen molar-refractivity contribution in [3.05, 3.63) is 23.8 Å². The first-order chi connectivity index (χ1) is 8.35. The molecule has 1 saturated heterocycles. The average molecular weight is 238 g/mol. The van der Waals surface area contributed by atoms with Gasteiger partial charge in [0, 0.05) is 11.6 Å². The van der Waals surface area contributed by atoms with Crippen LogP contribution in [0.1, 0.15) is 25.7 Å². The maximum Gasteiger partial charge on any atom is 0.187 e. The zero-order valence-corrected chi connectivity index (χ0v) is 10.3. The van der Waals surface area contributed by atoms with Crippen LogP contribution in [0.15, 0.2) is 18.2 Å². The van der Waals surface area contributed by atoms with E-state index in [9.17, 15) is 0 Å². The Labute approximate surface area is 101 Å². The molecule has 0 atom stereocenters. The third-order valence-electron chi connectivity index (χ3n) is 2.47. The molecule has 0 aliphatic carbocycles. The highest BCUT2D eigenvalue weighted by atomic mass is 16.7. The van der Waals surface area contributed by atoms with Crippen LogP contribution in [0.4, 0.5) is 0 Å². The van der Waals surface area contributed by atoms with Crippen LogP contribution in [0, 0.1) is 0 Å². The topological polar surface area (TPSA) is 36.9 Å². The smallest absolute Gasteiger partial charge is 0.187 e. The SMILES string of the molecule is CCOc1ccc(C2OCCO2)c(OCC)c1. The van der Waals surface area contributed by atoms with Gasteiger partial charge in [0.1, 0.15) is 11.5 Å². The molecule has 4 heteroatoms. The molecule has 1 aromatic rings. The van der Waals surface area contributed by atoms with Crippen molar-refractivity contribution in [1.29, 1.82) is 0 Å². The molecule has 1 heterocycles. The second-order valence-electron chi connectivity index (χ2n) is 3.64. The Kier molecular flexibility index (Phi) is 4.23. The molecule has 0 radical (unpaired) electrons. The number of ether oxygens (including phenoxy) is 4. The van der Waals surface area contributed by atoms with Gasteiger partial charge in [0.05, 0.1) is 26.4 Å². The van der Waals surface area contributed by atoms with Crippen molar-refractivity contribution >= 4 is 0 Å². The van der Waals surface area contributed by atoms with Gasteiger partial charge in [0.25, 0.3) is 0 Å². The van der Waals surface area contributed by atoms with Crippen LogP contribution in [0.2, 0.25) is 0 Å². The minimum Gasteiger partial charge on any atom is -0.494 e. The zero-order valence-electron chi connectivity index (χ0n) is 10.3. The molecule has 0 N–H and O–H groups in total. The van der Waals surface area contributed by atoms with Gasteiger partial charge in [-0.1, -0.05) is 0 Å². The molecule has 1 fully saturated rings. The molecule has 1 aliphatic rings. The van der Waals surface area contributed by atoms with Gasteiger partial charge >= 0.3 is 0 Å². The summed E-state index contributed by atoms with van der Waals surface area (Å²) in [5.41, 5.74) is 0.924. The monoisotopic (exact) mass is 238 g/mol. The van der Waals surface area contributed by atoms with Crippen LogP contribution in [-0.4, -0.2) is 26.4 Å². The molecule has 0 amide bonds. The molecule has 0 saturated carbocycles. The lowest BCUT2D eigenvalue weighted by Gasteiger charge is -2.16. The average Bonchev–Trinajstić information content (AvgIpc) is 2.84. The van der Waals surface area contributed by atoms with E-state index < -0.39 is 0 Å². The molecule has 2 rings (SSSR count). The molecular formula is C13H18O4. The van der Waals surface area contributed by atoms with E-state index in [-0.39, 0.29) is 6.29 Å². The maximum absolute atomic E-state index is 5.60. The summed E-state index contributed by atoms with van der Waals surface area (Å²) in [4.78, 5) is 0. The zero-order chi connectivity index (χ0) is 12.1. The normalized spacial score (nSPS) is 16.1. The van der Waals surface area contributed by atoms with E-state index in [1.54, 1.807) is 0 Å². The van der Waals surface area contributed by atoms with Gasteiger partial charge in [0.15, 0.2) is 6.29 Å². The van der Waals surface area contributed by atoms with Crippen molar-refractivity contribution in [3.8, 4) is 11.5 Å². The van der Waals surface area contributed by atoms with Crippen molar-refractivity contribution in [1.82, 2.24) is 0 Å². The van der Waals surface area contributed by atoms with Crippen molar-refractivity contribution in [2.24, 2.45) is 0 Å². The molecular weight excluding hydrogens is 220 g/mol. The summed E-state index contributed by atoms with van der Waals surface area (Å²) in [5, 5.41) is 0. The highest BCUT2D eigenvalue weighted by Gasteiger charge is 2.22. The third kappa shape index (κ3) is 2.90. The third-order valence-corrected chi connectivity index (χ3v) is 2.47. The lowest BCUT2D eigenvalue weighted by molar-refractivity contribution is -0.0457. The van der Waals surface area contributed by atoms with Crippen molar-refractivity contribution in [2.45, 2.75) is 20.1 Å². The number of hydrogen-bond donors (Lipinski definition) is 0. The molecule has 1 aromatic carbocycles. The highest BCUT2D eigenvalue weighted by molar-refractivity contribution is 5.41. The van der Waals surface area contributed by atoms with Gasteiger partial charge in [-0.3, -0.25) is 0 Å². The molecule has 0 unspecified atom stereocenters. The van der Waals surface area contributed by atoms with Crippen LogP contribution >= 0.6 is 0 Å². The first-order valence-electron chi connectivity index (χ1n) is 5.98. The standard InChI is InChI=1S/C13H18O4/c1-3-14-10-5-6-11(12(9-10)15-4-2)13-16-7-8-17-13/h5-6,9,13H,3-4,7-8H2,1-2H3. The molecule has 94 valence electrons. The van der Waals surface area contributed by atoms with Crippen LogP contribution in [0.25, 0.3) is 0 Å². The quantitative estimate of drug-likeness (QED) is 0.790. The van der Waals surface area contributed by atoms with Gasteiger partial charge in [0.2, 0.25) is 0 Å². The van der Waals surface area contributed by atoms with Crippen LogP contribution in [-0.2, 0) is 9.47 Å². The predicted molar refractivity (Wildman–Crippen MR) is 63.4 cm³/mol. The van der Waals surface area contributed by atoms with Crippen LogP contribution in [0.3, 0.4) is 0 Å². The Morgan fingerprint density at radius 3 is 2.47 bits per heavy atom. The largest absolute Gasteiger partial charge is 0.494 e. The fourth-order valence-corrected chi connectivity index (χ4v) is 1.78. The van der Waals surface area contributed by atoms with E-state index in [4.69, 9.17) is 18.9 Å². The summed E-state index contributed by atoms with van der Waals surface area (Å²) in [6.45, 7) is 6.41. The Balaban J connectivity index is 2.23. The van der Waals surface area contributed by atoms with E-state index in [0.717, 1.165) is 17.1 Å². The van der Waals surface area contributed by atoms with Crippen LogP contribution < -0.4 is 9.47 Å². The van der Waals surface area contributed by atoms with Crippen molar-refractivity contribution < 1.29 is 18.9 Å². The van der Waals surface area contributed by atoms with E-state index in [1.807, 2.05) is 32.0 Å². The van der Waals surface area contributed by atoms with Gasteiger partial charge < -0.3 is 18.9 Å². The van der Waals surface area contributed by atoms with Gasteiger partial charge in [-0.25, -0.2) is 0 Å². The highest BCUT2D eigenvalue weighted by Crippen LogP contribution is 2.34. The Hall–Kier alpha value is -1.26. The lowest BCUT2D eigenvalue weighted by Crippen LogP contribution is -2.04. The van der Waals surface area contributed by atoms with E-state index in [1.165, 1.54) is 0 Å². The van der Waals surface area contributed by atoms with E-state index >= 15 is 0 Å². The van der Waals surface area contributed by atoms with E-state index in [2.05, 4.69) is 0 Å². The second-order valence-corrected chi connectivity index (χ2v) is 3.64. The Morgan fingerprint density at radius 2 is 1.82 bits per heavy atom. The molecule has 4 nitrogen and oxygen atoms in total. The van der Waals surface area contributed by atoms with E-state index in [0.29, 0.717) is 26.4 Å². The Morgan fingerprint density at radius 1 is 1.12 bits per heavy atom. The summed E-state index contributed by atoms with van der Waals surface area (Å²) < 4.78 is 22.0. The number of rotatable bonds is 5. The summed E-state index contributed by atoms with van der Waals surface area (Å²) >= 11 is 0. The van der Waals surface area contributed by atoms with Crippen molar-refractivity contribution in [3.63, 3.8) is 0 Å². The summed E-state index contributed by atoms with van der Waals surface area (Å²) in [5.74, 6) is 1.57. The first kappa shape index (κ1) is 12.2. The molecule has 1 aliphatic heterocycles. The summed E-state index contributed by atoms with van der Waals surface area (Å²) in [6.07, 6.45) is -0.313. The van der Waals surface area contributed by atoms with Gasteiger partial charge in [-0.2, -0.15) is 0 Å². The van der Waals surface area contributed by atoms with Crippen LogP contribution in [0.5, 0.6) is 11.5 Å². The summed E-state index contributed by atoms with van der Waals surface area (Å²) in [6, 6.07) is 5.73. The predicted octanol–water partition coefficient (Wildman–Crippen LogP) is 2.53. The number of benzene rings is 1. The van der Waals surface area contributed by atoms with Gasteiger partial charge in [-0.05, 0) is 26.0 Å². The van der Waals surface area contributed by atoms with Crippen molar-refractivity contribution in [2.75, 3.05) is 26.4 Å². The Bertz CT molecular complexity index is 358. The lowest BCUT2D eigenvalue weighted by atomic mass is 10.2.